The van der Waals surface area contributed by atoms with Crippen LogP contribution in [0.1, 0.15) is 30.1 Å². The van der Waals surface area contributed by atoms with Gasteiger partial charge < -0.3 is 0 Å². The first kappa shape index (κ1) is 12.9. The SMILES string of the molecule is O=C1C(=O)C2CCC(c3cc4ccccc4s3)CC2C1=O. The summed E-state index contributed by atoms with van der Waals surface area (Å²) in [5.41, 5.74) is 0. The minimum atomic E-state index is -0.762. The molecule has 0 radical (unpaired) electrons. The summed E-state index contributed by atoms with van der Waals surface area (Å²) < 4.78 is 1.25. The summed E-state index contributed by atoms with van der Waals surface area (Å²) in [4.78, 5) is 36.5. The van der Waals surface area contributed by atoms with Crippen LogP contribution in [0.15, 0.2) is 30.3 Å². The summed E-state index contributed by atoms with van der Waals surface area (Å²) in [6, 6.07) is 10.4. The van der Waals surface area contributed by atoms with Gasteiger partial charge in [-0.3, -0.25) is 14.4 Å². The Morgan fingerprint density at radius 1 is 0.952 bits per heavy atom. The van der Waals surface area contributed by atoms with Gasteiger partial charge in [-0.1, -0.05) is 18.2 Å². The second-order valence-corrected chi connectivity index (χ2v) is 7.08. The summed E-state index contributed by atoms with van der Waals surface area (Å²) >= 11 is 1.76. The van der Waals surface area contributed by atoms with E-state index >= 15 is 0 Å². The molecule has 1 aromatic carbocycles. The first-order chi connectivity index (χ1) is 10.1. The molecule has 1 heterocycles. The van der Waals surface area contributed by atoms with Crippen molar-refractivity contribution in [2.24, 2.45) is 11.8 Å². The summed E-state index contributed by atoms with van der Waals surface area (Å²) in [5, 5.41) is 1.23. The number of carbonyl (C=O) groups is 3. The number of thiophene rings is 1. The molecule has 2 aromatic rings. The molecule has 0 spiro atoms. The van der Waals surface area contributed by atoms with Crippen LogP contribution in [-0.4, -0.2) is 17.3 Å². The van der Waals surface area contributed by atoms with E-state index in [4.69, 9.17) is 0 Å². The van der Waals surface area contributed by atoms with E-state index in [2.05, 4.69) is 18.2 Å². The quantitative estimate of drug-likeness (QED) is 0.760. The van der Waals surface area contributed by atoms with Crippen molar-refractivity contribution in [3.63, 3.8) is 0 Å². The molecule has 0 aliphatic heterocycles. The highest BCUT2D eigenvalue weighted by Gasteiger charge is 2.51. The zero-order valence-corrected chi connectivity index (χ0v) is 12.2. The monoisotopic (exact) mass is 298 g/mol. The number of hydrogen-bond donors (Lipinski definition) is 0. The Morgan fingerprint density at radius 2 is 1.71 bits per heavy atom. The van der Waals surface area contributed by atoms with Crippen LogP contribution in [0, 0.1) is 11.8 Å². The zero-order chi connectivity index (χ0) is 14.6. The van der Waals surface area contributed by atoms with Gasteiger partial charge in [0.25, 0.3) is 5.78 Å². The Kier molecular flexibility index (Phi) is 2.82. The van der Waals surface area contributed by atoms with Gasteiger partial charge in [0.2, 0.25) is 11.6 Å². The van der Waals surface area contributed by atoms with E-state index in [0.717, 1.165) is 6.42 Å². The van der Waals surface area contributed by atoms with Crippen molar-refractivity contribution < 1.29 is 14.4 Å². The molecule has 3 nitrogen and oxygen atoms in total. The van der Waals surface area contributed by atoms with Gasteiger partial charge in [-0.15, -0.1) is 11.3 Å². The highest BCUT2D eigenvalue weighted by atomic mass is 32.1. The second-order valence-electron chi connectivity index (χ2n) is 5.97. The van der Waals surface area contributed by atoms with E-state index in [1.165, 1.54) is 15.0 Å². The molecule has 4 heteroatoms. The lowest BCUT2D eigenvalue weighted by Gasteiger charge is -2.28. The molecular formula is C17H14O3S. The summed E-state index contributed by atoms with van der Waals surface area (Å²) in [6.07, 6.45) is 2.20. The average Bonchev–Trinajstić information content (AvgIpc) is 3.03. The molecule has 2 fully saturated rings. The van der Waals surface area contributed by atoms with Crippen molar-refractivity contribution in [2.45, 2.75) is 25.2 Å². The van der Waals surface area contributed by atoms with E-state index in [0.29, 0.717) is 18.8 Å². The highest BCUT2D eigenvalue weighted by Crippen LogP contribution is 2.45. The lowest BCUT2D eigenvalue weighted by atomic mass is 9.75. The third-order valence-electron chi connectivity index (χ3n) is 4.82. The predicted octanol–water partition coefficient (Wildman–Crippen LogP) is 3.12. The number of rotatable bonds is 1. The molecule has 2 aliphatic carbocycles. The van der Waals surface area contributed by atoms with Crippen LogP contribution in [0.5, 0.6) is 0 Å². The first-order valence-electron chi connectivity index (χ1n) is 7.26. The van der Waals surface area contributed by atoms with Crippen molar-refractivity contribution >= 4 is 38.8 Å². The Hall–Kier alpha value is -1.81. The maximum atomic E-state index is 11.9. The van der Waals surface area contributed by atoms with Gasteiger partial charge in [-0.2, -0.15) is 0 Å². The molecular weight excluding hydrogens is 284 g/mol. The smallest absolute Gasteiger partial charge is 0.264 e. The fourth-order valence-corrected chi connectivity index (χ4v) is 4.91. The first-order valence-corrected chi connectivity index (χ1v) is 8.07. The van der Waals surface area contributed by atoms with Gasteiger partial charge in [0.05, 0.1) is 0 Å². The van der Waals surface area contributed by atoms with Crippen molar-refractivity contribution in [3.05, 3.63) is 35.2 Å². The Morgan fingerprint density at radius 3 is 2.52 bits per heavy atom. The molecule has 0 N–H and O–H groups in total. The summed E-state index contributed by atoms with van der Waals surface area (Å²) in [5.74, 6) is -2.06. The van der Waals surface area contributed by atoms with Crippen LogP contribution in [0.4, 0.5) is 0 Å². The van der Waals surface area contributed by atoms with Crippen molar-refractivity contribution in [1.29, 1.82) is 0 Å². The molecule has 106 valence electrons. The van der Waals surface area contributed by atoms with E-state index < -0.39 is 17.3 Å². The summed E-state index contributed by atoms with van der Waals surface area (Å²) in [6.45, 7) is 0. The minimum absolute atomic E-state index is 0.297. The van der Waals surface area contributed by atoms with Crippen LogP contribution in [-0.2, 0) is 14.4 Å². The number of benzene rings is 1. The fraction of sp³-hybridized carbons (Fsp3) is 0.353. The Labute approximate surface area is 126 Å². The largest absolute Gasteiger partial charge is 0.290 e. The van der Waals surface area contributed by atoms with E-state index in [-0.39, 0.29) is 11.8 Å². The molecule has 3 unspecified atom stereocenters. The number of fused-ring (bicyclic) bond motifs is 2. The fourth-order valence-electron chi connectivity index (χ4n) is 3.69. The topological polar surface area (TPSA) is 51.2 Å². The Bertz CT molecular complexity index is 740. The Balaban J connectivity index is 1.65. The maximum Gasteiger partial charge on any atom is 0.264 e. The number of hydrogen-bond acceptors (Lipinski definition) is 4. The predicted molar refractivity (Wildman–Crippen MR) is 80.4 cm³/mol. The maximum absolute atomic E-state index is 11.9. The summed E-state index contributed by atoms with van der Waals surface area (Å²) in [7, 11) is 0. The molecule has 4 rings (SSSR count). The number of Topliss-reactive ketones (excluding diaryl/α,β-unsaturated/α-hetero) is 3. The van der Waals surface area contributed by atoms with E-state index in [1.807, 2.05) is 12.1 Å². The molecule has 21 heavy (non-hydrogen) atoms. The lowest BCUT2D eigenvalue weighted by Crippen LogP contribution is -2.25. The highest BCUT2D eigenvalue weighted by molar-refractivity contribution is 7.19. The number of ketones is 3. The van der Waals surface area contributed by atoms with Crippen LogP contribution < -0.4 is 0 Å². The lowest BCUT2D eigenvalue weighted by molar-refractivity contribution is -0.141. The van der Waals surface area contributed by atoms with Gasteiger partial charge in [0.15, 0.2) is 0 Å². The minimum Gasteiger partial charge on any atom is -0.290 e. The molecule has 0 bridgehead atoms. The average molecular weight is 298 g/mol. The van der Waals surface area contributed by atoms with Crippen LogP contribution in [0.3, 0.4) is 0 Å². The van der Waals surface area contributed by atoms with Gasteiger partial charge in [0, 0.05) is 21.4 Å². The van der Waals surface area contributed by atoms with E-state index in [9.17, 15) is 14.4 Å². The van der Waals surface area contributed by atoms with Gasteiger partial charge in [-0.05, 0) is 42.7 Å². The third kappa shape index (κ3) is 1.89. The van der Waals surface area contributed by atoms with E-state index in [1.54, 1.807) is 11.3 Å². The van der Waals surface area contributed by atoms with Crippen molar-refractivity contribution in [1.82, 2.24) is 0 Å². The van der Waals surface area contributed by atoms with Crippen LogP contribution in [0.2, 0.25) is 0 Å². The molecule has 1 aromatic heterocycles. The molecule has 0 saturated heterocycles. The van der Waals surface area contributed by atoms with Crippen LogP contribution in [0.25, 0.3) is 10.1 Å². The van der Waals surface area contributed by atoms with Gasteiger partial charge in [0.1, 0.15) is 0 Å². The molecule has 3 atom stereocenters. The van der Waals surface area contributed by atoms with Crippen molar-refractivity contribution in [3.8, 4) is 0 Å². The van der Waals surface area contributed by atoms with Gasteiger partial charge >= 0.3 is 0 Å². The zero-order valence-electron chi connectivity index (χ0n) is 11.4. The molecule has 2 saturated carbocycles. The van der Waals surface area contributed by atoms with Crippen molar-refractivity contribution in [2.75, 3.05) is 0 Å². The van der Waals surface area contributed by atoms with Gasteiger partial charge in [-0.25, -0.2) is 0 Å². The second kappa shape index (κ2) is 4.60. The molecule has 2 aliphatic rings. The molecule has 0 amide bonds. The number of carbonyl (C=O) groups excluding carboxylic acids is 3. The third-order valence-corrected chi connectivity index (χ3v) is 6.10. The normalized spacial score (nSPS) is 29.1. The standard InChI is InChI=1S/C17H14O3S/c18-15-11-6-5-10(7-12(11)16(19)17(15)20)14-8-9-3-1-2-4-13(9)21-14/h1-4,8,10-12H,5-7H2. The van der Waals surface area contributed by atoms with Crippen LogP contribution >= 0.6 is 11.3 Å².